The van der Waals surface area contributed by atoms with Crippen molar-refractivity contribution in [2.75, 3.05) is 6.54 Å². The molecule has 6 heteroatoms. The van der Waals surface area contributed by atoms with Gasteiger partial charge in [-0.3, -0.25) is 9.59 Å². The fourth-order valence-corrected chi connectivity index (χ4v) is 2.71. The summed E-state index contributed by atoms with van der Waals surface area (Å²) in [4.78, 5) is 24.7. The zero-order chi connectivity index (χ0) is 17.6. The molecule has 1 aromatic rings. The number of nitrogens with two attached hydrogens (primary N) is 1. The Bertz CT molecular complexity index is 548. The topological polar surface area (TPSA) is 104 Å². The van der Waals surface area contributed by atoms with Crippen molar-refractivity contribution >= 4 is 11.8 Å². The molecule has 1 aliphatic heterocycles. The van der Waals surface area contributed by atoms with Gasteiger partial charge in [-0.05, 0) is 25.3 Å². The quantitative estimate of drug-likeness (QED) is 0.774. The molecule has 1 saturated heterocycles. The van der Waals surface area contributed by atoms with Crippen molar-refractivity contribution < 1.29 is 19.8 Å². The van der Waals surface area contributed by atoms with Crippen molar-refractivity contribution in [2.24, 2.45) is 5.73 Å². The van der Waals surface area contributed by atoms with Crippen molar-refractivity contribution in [3.63, 3.8) is 0 Å². The summed E-state index contributed by atoms with van der Waals surface area (Å²) in [5.74, 6) is -1.77. The van der Waals surface area contributed by atoms with Gasteiger partial charge in [-0.15, -0.1) is 0 Å². The van der Waals surface area contributed by atoms with Crippen LogP contribution < -0.4 is 5.73 Å². The van der Waals surface area contributed by atoms with Crippen molar-refractivity contribution in [1.29, 1.82) is 0 Å². The van der Waals surface area contributed by atoms with Crippen LogP contribution in [0, 0.1) is 6.92 Å². The highest BCUT2D eigenvalue weighted by atomic mass is 16.3. The number of carbonyl (C=O) groups is 2. The second-order valence-corrected chi connectivity index (χ2v) is 5.40. The first kappa shape index (κ1) is 22.1. The number of nitrogens with zero attached hydrogens (tertiary/aromatic N) is 1. The van der Waals surface area contributed by atoms with E-state index >= 15 is 0 Å². The maximum absolute atomic E-state index is 12.3. The molecule has 1 aromatic carbocycles. The molecule has 2 amide bonds. The van der Waals surface area contributed by atoms with Crippen LogP contribution in [0.25, 0.3) is 0 Å². The van der Waals surface area contributed by atoms with Gasteiger partial charge in [-0.1, -0.05) is 51.1 Å². The molecular weight excluding hydrogens is 308 g/mol. The van der Waals surface area contributed by atoms with Gasteiger partial charge in [0.2, 0.25) is 5.91 Å². The third-order valence-corrected chi connectivity index (χ3v) is 3.81. The van der Waals surface area contributed by atoms with Crippen molar-refractivity contribution in [1.82, 2.24) is 4.90 Å². The summed E-state index contributed by atoms with van der Waals surface area (Å²) in [5.41, 5.74) is 6.99. The van der Waals surface area contributed by atoms with E-state index < -0.39 is 24.0 Å². The summed E-state index contributed by atoms with van der Waals surface area (Å²) >= 11 is 0. The molecule has 0 aromatic heterocycles. The molecule has 0 radical (unpaired) electrons. The van der Waals surface area contributed by atoms with Gasteiger partial charge in [0.1, 0.15) is 0 Å². The van der Waals surface area contributed by atoms with Crippen LogP contribution in [0.2, 0.25) is 0 Å². The fourth-order valence-electron chi connectivity index (χ4n) is 2.71. The molecule has 2 rings (SSSR count). The monoisotopic (exact) mass is 338 g/mol. The summed E-state index contributed by atoms with van der Waals surface area (Å²) in [7, 11) is 0. The average Bonchev–Trinajstić information content (AvgIpc) is 3.04. The Morgan fingerprint density at radius 2 is 1.88 bits per heavy atom. The number of hydrogen-bond acceptors (Lipinski definition) is 4. The number of rotatable bonds is 4. The van der Waals surface area contributed by atoms with E-state index in [0.29, 0.717) is 6.54 Å². The van der Waals surface area contributed by atoms with E-state index in [1.165, 1.54) is 4.90 Å². The molecule has 24 heavy (non-hydrogen) atoms. The van der Waals surface area contributed by atoms with Gasteiger partial charge in [0.15, 0.2) is 12.2 Å². The molecule has 0 saturated carbocycles. The van der Waals surface area contributed by atoms with Gasteiger partial charge in [0, 0.05) is 6.54 Å². The summed E-state index contributed by atoms with van der Waals surface area (Å²) in [6.07, 6.45) is -2.10. The molecule has 0 spiro atoms. The first-order valence-electron chi connectivity index (χ1n) is 7.94. The minimum atomic E-state index is -1.88. The molecule has 4 N–H and O–H groups in total. The molecule has 1 fully saturated rings. The number of benzene rings is 1. The molecule has 0 bridgehead atoms. The largest absolute Gasteiger partial charge is 0.380 e. The number of amides is 2. The molecular formula is C18H30N2O4. The van der Waals surface area contributed by atoms with Crippen LogP contribution >= 0.6 is 0 Å². The first-order valence-corrected chi connectivity index (χ1v) is 7.94. The van der Waals surface area contributed by atoms with Crippen LogP contribution in [0.15, 0.2) is 24.3 Å². The molecule has 1 aliphatic rings. The normalized spacial score (nSPS) is 18.7. The summed E-state index contributed by atoms with van der Waals surface area (Å²) < 4.78 is 0. The minimum absolute atomic E-state index is 0. The maximum Gasteiger partial charge on any atom is 0.255 e. The standard InChI is InChI=1S/C15H20N2O4.C2H6.CH4/c1-9-4-2-5-10(8-9)11-6-3-7-17(11)15(21)13(19)12(18)14(16)20;1-2;/h2,4-5,8,11-13,18-19H,3,6-7H2,1H3,(H2,16,20);1-2H3;1H4/t11?,12-,13-;;/m1../s1. The van der Waals surface area contributed by atoms with E-state index in [1.807, 2.05) is 45.0 Å². The van der Waals surface area contributed by atoms with Gasteiger partial charge < -0.3 is 20.8 Å². The maximum atomic E-state index is 12.3. The van der Waals surface area contributed by atoms with Crippen LogP contribution in [0.3, 0.4) is 0 Å². The number of carbonyl (C=O) groups excluding carboxylic acids is 2. The van der Waals surface area contributed by atoms with Gasteiger partial charge in [-0.25, -0.2) is 0 Å². The number of aryl methyl sites for hydroxylation is 1. The number of likely N-dealkylation sites (tertiary alicyclic amines) is 1. The second-order valence-electron chi connectivity index (χ2n) is 5.40. The molecule has 1 unspecified atom stereocenters. The molecule has 6 nitrogen and oxygen atoms in total. The zero-order valence-corrected chi connectivity index (χ0v) is 13.9. The third-order valence-electron chi connectivity index (χ3n) is 3.81. The van der Waals surface area contributed by atoms with E-state index in [0.717, 1.165) is 24.0 Å². The Morgan fingerprint density at radius 1 is 1.25 bits per heavy atom. The predicted octanol–water partition coefficient (Wildman–Crippen LogP) is 1.53. The van der Waals surface area contributed by atoms with Crippen molar-refractivity contribution in [3.05, 3.63) is 35.4 Å². The number of aliphatic hydroxyl groups excluding tert-OH is 2. The average molecular weight is 338 g/mol. The van der Waals surface area contributed by atoms with Crippen LogP contribution in [0.1, 0.15) is 51.3 Å². The predicted molar refractivity (Wildman–Crippen MR) is 94.2 cm³/mol. The molecule has 3 atom stereocenters. The lowest BCUT2D eigenvalue weighted by molar-refractivity contribution is -0.152. The lowest BCUT2D eigenvalue weighted by Gasteiger charge is -2.28. The van der Waals surface area contributed by atoms with Crippen LogP contribution in [-0.2, 0) is 9.59 Å². The Morgan fingerprint density at radius 3 is 2.42 bits per heavy atom. The fraction of sp³-hybridized carbons (Fsp3) is 0.556. The highest BCUT2D eigenvalue weighted by Gasteiger charge is 2.37. The molecule has 0 aliphatic carbocycles. The van der Waals surface area contributed by atoms with Crippen LogP contribution in [0.4, 0.5) is 0 Å². The molecule has 1 heterocycles. The van der Waals surface area contributed by atoms with Gasteiger partial charge >= 0.3 is 0 Å². The van der Waals surface area contributed by atoms with Crippen molar-refractivity contribution in [2.45, 2.75) is 59.3 Å². The Balaban J connectivity index is 0.00000170. The zero-order valence-electron chi connectivity index (χ0n) is 13.9. The number of aliphatic hydroxyl groups is 2. The minimum Gasteiger partial charge on any atom is -0.380 e. The van der Waals surface area contributed by atoms with E-state index in [1.54, 1.807) is 0 Å². The van der Waals surface area contributed by atoms with Gasteiger partial charge in [0.05, 0.1) is 6.04 Å². The van der Waals surface area contributed by atoms with E-state index in [-0.39, 0.29) is 13.5 Å². The van der Waals surface area contributed by atoms with E-state index in [4.69, 9.17) is 5.73 Å². The lowest BCUT2D eigenvalue weighted by Crippen LogP contribution is -2.49. The molecule has 136 valence electrons. The summed E-state index contributed by atoms with van der Waals surface area (Å²) in [6, 6.07) is 7.66. The second kappa shape index (κ2) is 10.1. The lowest BCUT2D eigenvalue weighted by atomic mass is 10.0. The number of primary amides is 1. The highest BCUT2D eigenvalue weighted by Crippen LogP contribution is 2.32. The van der Waals surface area contributed by atoms with Crippen LogP contribution in [-0.4, -0.2) is 45.7 Å². The van der Waals surface area contributed by atoms with Crippen molar-refractivity contribution in [3.8, 4) is 0 Å². The van der Waals surface area contributed by atoms with E-state index in [9.17, 15) is 19.8 Å². The van der Waals surface area contributed by atoms with Gasteiger partial charge in [0.25, 0.3) is 5.91 Å². The Kier molecular flexibility index (Phi) is 9.25. The summed E-state index contributed by atoms with van der Waals surface area (Å²) in [5, 5.41) is 19.2. The third kappa shape index (κ3) is 5.04. The SMILES string of the molecule is C.CC.Cc1cccc(C2CCCN2C(=O)[C@H](O)[C@@H](O)C(N)=O)c1. The first-order chi connectivity index (χ1) is 10.9. The Hall–Kier alpha value is -1.92. The van der Waals surface area contributed by atoms with Crippen LogP contribution in [0.5, 0.6) is 0 Å². The van der Waals surface area contributed by atoms with E-state index in [2.05, 4.69) is 0 Å². The summed E-state index contributed by atoms with van der Waals surface area (Å²) in [6.45, 7) is 6.45. The highest BCUT2D eigenvalue weighted by molar-refractivity contribution is 5.90. The van der Waals surface area contributed by atoms with Gasteiger partial charge in [-0.2, -0.15) is 0 Å². The Labute approximate surface area is 144 Å². The number of hydrogen-bond donors (Lipinski definition) is 3. The smallest absolute Gasteiger partial charge is 0.255 e.